The molecule has 0 radical (unpaired) electrons. The van der Waals surface area contributed by atoms with E-state index in [-0.39, 0.29) is 30.1 Å². The van der Waals surface area contributed by atoms with Crippen LogP contribution in [0.1, 0.15) is 29.8 Å². The Labute approximate surface area is 150 Å². The summed E-state index contributed by atoms with van der Waals surface area (Å²) in [5.74, 6) is -0.340. The first-order valence-corrected chi connectivity index (χ1v) is 8.56. The average Bonchev–Trinajstić information content (AvgIpc) is 3.06. The van der Waals surface area contributed by atoms with Gasteiger partial charge in [-0.2, -0.15) is 28.3 Å². The number of amides is 4. The highest BCUT2D eigenvalue weighted by Crippen LogP contribution is 2.44. The second-order valence-corrected chi connectivity index (χ2v) is 6.64. The number of hydrogen-bond donors (Lipinski definition) is 4. The van der Waals surface area contributed by atoms with Crippen LogP contribution >= 0.6 is 0 Å². The number of fused-ring (bicyclic) bond motifs is 4. The number of hydroxylamine groups is 2. The topological polar surface area (TPSA) is 224 Å². The number of carbonyl (C=O) groups excluding carboxylic acids is 2. The summed E-state index contributed by atoms with van der Waals surface area (Å²) in [4.78, 5) is 38.8. The Bertz CT molecular complexity index is 969. The van der Waals surface area contributed by atoms with Crippen molar-refractivity contribution in [1.29, 1.82) is 0 Å². The first-order valence-electron chi connectivity index (χ1n) is 7.20. The maximum atomic E-state index is 12.5. The number of hydrogen-bond acceptors (Lipinski definition) is 7. The second-order valence-electron chi connectivity index (χ2n) is 5.64. The zero-order valence-corrected chi connectivity index (χ0v) is 14.1. The van der Waals surface area contributed by atoms with Gasteiger partial charge in [-0.25, -0.2) is 14.4 Å². The van der Waals surface area contributed by atoms with E-state index >= 15 is 0 Å². The number of rotatable bonds is 4. The Balaban J connectivity index is 2.06. The molecule has 1 saturated heterocycles. The fraction of sp³-hybridized carbons (Fsp3) is 0.364. The fourth-order valence-corrected chi connectivity index (χ4v) is 3.39. The van der Waals surface area contributed by atoms with Crippen LogP contribution in [0.4, 0.5) is 14.4 Å². The third kappa shape index (κ3) is 3.39. The molecule has 1 aromatic heterocycles. The van der Waals surface area contributed by atoms with Crippen molar-refractivity contribution in [3.63, 3.8) is 0 Å². The minimum atomic E-state index is -5.01. The Morgan fingerprint density at radius 3 is 2.63 bits per heavy atom. The van der Waals surface area contributed by atoms with Crippen molar-refractivity contribution in [2.75, 3.05) is 6.54 Å². The van der Waals surface area contributed by atoms with Gasteiger partial charge in [0.05, 0.1) is 18.3 Å². The number of carboxylic acid groups (broad SMARTS) is 1. The standard InChI is InChI=1S/C11H13N7O8S/c12-7(14-10(20)21)1-5-8-4(2-17(15-8)9(13)19)6-3-16(5)11(22)18(6)26-27(23,24)25/h2,5-6H,1,3H2,(H2,12,14)(H2,13,19)(H,20,21)(H,23,24,25). The molecule has 4 amide bonds. The van der Waals surface area contributed by atoms with E-state index < -0.39 is 40.6 Å². The molecule has 1 fully saturated rings. The Hall–Kier alpha value is -3.24. The van der Waals surface area contributed by atoms with Gasteiger partial charge in [-0.1, -0.05) is 0 Å². The van der Waals surface area contributed by atoms with E-state index in [9.17, 15) is 22.8 Å². The summed E-state index contributed by atoms with van der Waals surface area (Å²) in [7, 11) is -5.01. The SMILES string of the molecule is NC(=O)n1cc2c(n1)C(CC(N)=NC(=O)O)N1CC2N(OS(=O)(=O)O)C1=O. The van der Waals surface area contributed by atoms with Crippen LogP contribution in [0.25, 0.3) is 0 Å². The van der Waals surface area contributed by atoms with E-state index in [4.69, 9.17) is 21.1 Å². The average molecular weight is 403 g/mol. The number of amidine groups is 1. The lowest BCUT2D eigenvalue weighted by Gasteiger charge is -2.29. The maximum absolute atomic E-state index is 12.5. The Kier molecular flexibility index (Phi) is 4.25. The van der Waals surface area contributed by atoms with Crippen LogP contribution in [0.3, 0.4) is 0 Å². The first-order chi connectivity index (χ1) is 12.5. The molecule has 0 aromatic carbocycles. The molecule has 2 aliphatic heterocycles. The van der Waals surface area contributed by atoms with Crippen LogP contribution in [0.15, 0.2) is 11.2 Å². The van der Waals surface area contributed by atoms with Gasteiger partial charge in [-0.3, -0.25) is 4.55 Å². The molecule has 16 heteroatoms. The lowest BCUT2D eigenvalue weighted by molar-refractivity contribution is -0.0317. The molecule has 15 nitrogen and oxygen atoms in total. The molecule has 1 aromatic rings. The van der Waals surface area contributed by atoms with Gasteiger partial charge in [-0.15, -0.1) is 4.28 Å². The normalized spacial score (nSPS) is 22.1. The van der Waals surface area contributed by atoms with Gasteiger partial charge in [0, 0.05) is 18.2 Å². The summed E-state index contributed by atoms with van der Waals surface area (Å²) in [5, 5.41) is 13.1. The third-order valence-electron chi connectivity index (χ3n) is 3.95. The van der Waals surface area contributed by atoms with E-state index in [1.807, 2.05) is 0 Å². The minimum absolute atomic E-state index is 0.100. The Morgan fingerprint density at radius 1 is 1.41 bits per heavy atom. The summed E-state index contributed by atoms with van der Waals surface area (Å²) in [6.07, 6.45) is -0.642. The van der Waals surface area contributed by atoms with Crippen molar-refractivity contribution in [1.82, 2.24) is 19.7 Å². The van der Waals surface area contributed by atoms with Gasteiger partial charge in [0.15, 0.2) is 0 Å². The zero-order valence-electron chi connectivity index (χ0n) is 13.3. The third-order valence-corrected chi connectivity index (χ3v) is 4.30. The predicted octanol–water partition coefficient (Wildman–Crippen LogP) is -1.20. The van der Waals surface area contributed by atoms with E-state index in [1.54, 1.807) is 0 Å². The molecule has 0 saturated carbocycles. The second kappa shape index (κ2) is 6.18. The Morgan fingerprint density at radius 2 is 2.07 bits per heavy atom. The summed E-state index contributed by atoms with van der Waals surface area (Å²) in [5.41, 5.74) is 11.1. The molecule has 2 aliphatic rings. The molecule has 0 aliphatic carbocycles. The van der Waals surface area contributed by atoms with Crippen molar-refractivity contribution < 1.29 is 36.7 Å². The van der Waals surface area contributed by atoms with Gasteiger partial charge in [0.2, 0.25) is 0 Å². The van der Waals surface area contributed by atoms with Crippen LogP contribution in [0.5, 0.6) is 0 Å². The van der Waals surface area contributed by atoms with Crippen molar-refractivity contribution in [2.24, 2.45) is 16.5 Å². The first kappa shape index (κ1) is 18.5. The molecule has 2 unspecified atom stereocenters. The van der Waals surface area contributed by atoms with E-state index in [2.05, 4.69) is 14.4 Å². The highest BCUT2D eigenvalue weighted by atomic mass is 32.3. The van der Waals surface area contributed by atoms with E-state index in [1.165, 1.54) is 6.20 Å². The highest BCUT2D eigenvalue weighted by molar-refractivity contribution is 7.80. The van der Waals surface area contributed by atoms with E-state index in [0.29, 0.717) is 5.06 Å². The monoisotopic (exact) mass is 403 g/mol. The summed E-state index contributed by atoms with van der Waals surface area (Å²) >= 11 is 0. The minimum Gasteiger partial charge on any atom is -0.463 e. The van der Waals surface area contributed by atoms with Gasteiger partial charge in [-0.05, 0) is 0 Å². The molecule has 2 atom stereocenters. The van der Waals surface area contributed by atoms with Crippen molar-refractivity contribution in [2.45, 2.75) is 18.5 Å². The van der Waals surface area contributed by atoms with Crippen LogP contribution in [0.2, 0.25) is 0 Å². The quantitative estimate of drug-likeness (QED) is 0.267. The number of nitrogens with two attached hydrogens (primary N) is 2. The zero-order chi connectivity index (χ0) is 20.1. The molecular weight excluding hydrogens is 390 g/mol. The molecule has 27 heavy (non-hydrogen) atoms. The van der Waals surface area contributed by atoms with Gasteiger partial charge >= 0.3 is 28.6 Å². The van der Waals surface area contributed by atoms with E-state index in [0.717, 1.165) is 9.58 Å². The smallest absolute Gasteiger partial charge is 0.432 e. The summed E-state index contributed by atoms with van der Waals surface area (Å²) in [6.45, 7) is -0.100. The summed E-state index contributed by atoms with van der Waals surface area (Å²) < 4.78 is 36.1. The number of nitrogens with zero attached hydrogens (tertiary/aromatic N) is 5. The number of carbonyl (C=O) groups is 3. The fourth-order valence-electron chi connectivity index (χ4n) is 3.02. The predicted molar refractivity (Wildman–Crippen MR) is 83.5 cm³/mol. The molecular formula is C11H13N7O8S. The molecule has 0 spiro atoms. The highest BCUT2D eigenvalue weighted by Gasteiger charge is 2.51. The van der Waals surface area contributed by atoms with Crippen molar-refractivity contribution >= 4 is 34.4 Å². The van der Waals surface area contributed by atoms with Crippen LogP contribution < -0.4 is 11.5 Å². The van der Waals surface area contributed by atoms with Gasteiger partial charge in [0.1, 0.15) is 11.9 Å². The lowest BCUT2D eigenvalue weighted by atomic mass is 9.96. The number of primary amides is 1. The lowest BCUT2D eigenvalue weighted by Crippen LogP contribution is -2.37. The number of aliphatic imine (C=N–C) groups is 1. The molecule has 2 bridgehead atoms. The van der Waals surface area contributed by atoms with Gasteiger partial charge in [0.25, 0.3) is 0 Å². The molecule has 3 heterocycles. The molecule has 146 valence electrons. The molecule has 6 N–H and O–H groups in total. The van der Waals surface area contributed by atoms with Gasteiger partial charge < -0.3 is 21.5 Å². The number of urea groups is 1. The summed E-state index contributed by atoms with van der Waals surface area (Å²) in [6, 6.07) is -3.87. The van der Waals surface area contributed by atoms with Crippen LogP contribution in [-0.2, 0) is 14.7 Å². The van der Waals surface area contributed by atoms with Crippen molar-refractivity contribution in [3.05, 3.63) is 17.5 Å². The maximum Gasteiger partial charge on any atom is 0.432 e. The largest absolute Gasteiger partial charge is 0.463 e. The number of aromatic nitrogens is 2. The molecule has 3 rings (SSSR count). The van der Waals surface area contributed by atoms with Crippen LogP contribution in [-0.4, -0.2) is 68.4 Å². The van der Waals surface area contributed by atoms with Crippen LogP contribution in [0, 0.1) is 0 Å². The van der Waals surface area contributed by atoms with Crippen molar-refractivity contribution in [3.8, 4) is 0 Å².